The molecule has 0 amide bonds. The second-order valence-corrected chi connectivity index (χ2v) is 6.80. The molecule has 1 N–H and O–H groups in total. The van der Waals surface area contributed by atoms with Gasteiger partial charge in [0.15, 0.2) is 5.96 Å². The van der Waals surface area contributed by atoms with Crippen molar-refractivity contribution in [2.45, 2.75) is 33.6 Å². The smallest absolute Gasteiger partial charge is 0.193 e. The third kappa shape index (κ3) is 7.13. The Morgan fingerprint density at radius 2 is 1.92 bits per heavy atom. The van der Waals surface area contributed by atoms with Crippen molar-refractivity contribution >= 4 is 29.9 Å². The number of aliphatic imine (C=N–C) groups is 1. The summed E-state index contributed by atoms with van der Waals surface area (Å²) in [4.78, 5) is 9.44. The van der Waals surface area contributed by atoms with Crippen molar-refractivity contribution in [2.24, 2.45) is 10.9 Å². The van der Waals surface area contributed by atoms with E-state index < -0.39 is 0 Å². The molecule has 1 fully saturated rings. The second-order valence-electron chi connectivity index (χ2n) is 6.80. The molecule has 0 aliphatic carbocycles. The van der Waals surface area contributed by atoms with Crippen LogP contribution in [-0.2, 0) is 6.42 Å². The highest BCUT2D eigenvalue weighted by Crippen LogP contribution is 2.17. The van der Waals surface area contributed by atoms with Crippen LogP contribution in [0.4, 0.5) is 0 Å². The van der Waals surface area contributed by atoms with Crippen LogP contribution in [0.1, 0.15) is 31.4 Å². The van der Waals surface area contributed by atoms with E-state index in [2.05, 4.69) is 65.1 Å². The molecule has 1 aliphatic rings. The Morgan fingerprint density at radius 1 is 1.24 bits per heavy atom. The number of hydrogen-bond donors (Lipinski definition) is 1. The standard InChI is InChI=1S/C20H34N4.HI/c1-5-23(6-2)15-19-12-14-24(16-19)20(21-4)22-13-11-18-9-7-17(3)8-10-18;/h7-10,19H,5-6,11-16H2,1-4H3,(H,21,22);1H. The van der Waals surface area contributed by atoms with Crippen molar-refractivity contribution in [3.8, 4) is 0 Å². The van der Waals surface area contributed by atoms with E-state index >= 15 is 0 Å². The number of nitrogens with zero attached hydrogens (tertiary/aromatic N) is 3. The number of likely N-dealkylation sites (tertiary alicyclic amines) is 1. The lowest BCUT2D eigenvalue weighted by atomic mass is 10.1. The molecule has 2 rings (SSSR count). The maximum Gasteiger partial charge on any atom is 0.193 e. The van der Waals surface area contributed by atoms with Crippen molar-refractivity contribution < 1.29 is 0 Å². The van der Waals surface area contributed by atoms with Gasteiger partial charge in [0.1, 0.15) is 0 Å². The van der Waals surface area contributed by atoms with Crippen molar-refractivity contribution in [3.63, 3.8) is 0 Å². The van der Waals surface area contributed by atoms with Crippen LogP contribution in [0.2, 0.25) is 0 Å². The van der Waals surface area contributed by atoms with E-state index in [4.69, 9.17) is 0 Å². The van der Waals surface area contributed by atoms with Crippen LogP contribution in [0, 0.1) is 12.8 Å². The number of nitrogens with one attached hydrogen (secondary N) is 1. The summed E-state index contributed by atoms with van der Waals surface area (Å²) >= 11 is 0. The van der Waals surface area contributed by atoms with Gasteiger partial charge in [0.25, 0.3) is 0 Å². The molecule has 1 heterocycles. The number of aryl methyl sites for hydroxylation is 1. The van der Waals surface area contributed by atoms with Gasteiger partial charge in [0.05, 0.1) is 0 Å². The van der Waals surface area contributed by atoms with Crippen molar-refractivity contribution in [1.29, 1.82) is 0 Å². The molecular formula is C20H35IN4. The molecule has 1 aromatic carbocycles. The molecule has 0 spiro atoms. The van der Waals surface area contributed by atoms with Gasteiger partial charge >= 0.3 is 0 Å². The first-order valence-corrected chi connectivity index (χ1v) is 9.39. The maximum absolute atomic E-state index is 4.49. The van der Waals surface area contributed by atoms with Gasteiger partial charge in [-0.05, 0) is 44.3 Å². The van der Waals surface area contributed by atoms with Crippen LogP contribution in [0.5, 0.6) is 0 Å². The molecule has 0 saturated carbocycles. The minimum Gasteiger partial charge on any atom is -0.356 e. The van der Waals surface area contributed by atoms with Gasteiger partial charge in [-0.2, -0.15) is 0 Å². The Labute approximate surface area is 171 Å². The van der Waals surface area contributed by atoms with E-state index in [9.17, 15) is 0 Å². The zero-order chi connectivity index (χ0) is 17.4. The monoisotopic (exact) mass is 458 g/mol. The Morgan fingerprint density at radius 3 is 2.52 bits per heavy atom. The van der Waals surface area contributed by atoms with Gasteiger partial charge in [-0.3, -0.25) is 4.99 Å². The zero-order valence-corrected chi connectivity index (χ0v) is 18.6. The average Bonchev–Trinajstić information content (AvgIpc) is 3.06. The summed E-state index contributed by atoms with van der Waals surface area (Å²) < 4.78 is 0. The third-order valence-electron chi connectivity index (χ3n) is 5.03. The second kappa shape index (κ2) is 11.7. The molecule has 1 unspecified atom stereocenters. The van der Waals surface area contributed by atoms with Crippen molar-refractivity contribution in [2.75, 3.05) is 46.3 Å². The molecule has 142 valence electrons. The number of benzene rings is 1. The fourth-order valence-electron chi connectivity index (χ4n) is 3.43. The van der Waals surface area contributed by atoms with Gasteiger partial charge < -0.3 is 15.1 Å². The molecule has 0 aromatic heterocycles. The minimum absolute atomic E-state index is 0. The van der Waals surface area contributed by atoms with E-state index in [1.54, 1.807) is 0 Å². The number of hydrogen-bond acceptors (Lipinski definition) is 2. The molecule has 0 radical (unpaired) electrons. The number of guanidine groups is 1. The fraction of sp³-hybridized carbons (Fsp3) is 0.650. The molecule has 25 heavy (non-hydrogen) atoms. The van der Waals surface area contributed by atoms with E-state index in [1.807, 2.05) is 7.05 Å². The highest BCUT2D eigenvalue weighted by molar-refractivity contribution is 14.0. The largest absolute Gasteiger partial charge is 0.356 e. The SMILES string of the molecule is CCN(CC)CC1CCN(C(=NC)NCCc2ccc(C)cc2)C1.I. The van der Waals surface area contributed by atoms with E-state index in [0.29, 0.717) is 0 Å². The van der Waals surface area contributed by atoms with Gasteiger partial charge in [0, 0.05) is 33.2 Å². The molecule has 0 bridgehead atoms. The van der Waals surface area contributed by atoms with Crippen LogP contribution in [0.25, 0.3) is 0 Å². The quantitative estimate of drug-likeness (QED) is 0.386. The highest BCUT2D eigenvalue weighted by atomic mass is 127. The maximum atomic E-state index is 4.49. The van der Waals surface area contributed by atoms with Gasteiger partial charge in [-0.25, -0.2) is 0 Å². The fourth-order valence-corrected chi connectivity index (χ4v) is 3.43. The lowest BCUT2D eigenvalue weighted by molar-refractivity contribution is 0.255. The minimum atomic E-state index is 0. The predicted molar refractivity (Wildman–Crippen MR) is 119 cm³/mol. The lowest BCUT2D eigenvalue weighted by Crippen LogP contribution is -2.41. The van der Waals surface area contributed by atoms with E-state index in [1.165, 1.54) is 24.1 Å². The van der Waals surface area contributed by atoms with Crippen LogP contribution in [0.3, 0.4) is 0 Å². The first kappa shape index (κ1) is 22.2. The van der Waals surface area contributed by atoms with Gasteiger partial charge in [0.2, 0.25) is 0 Å². The topological polar surface area (TPSA) is 30.9 Å². The summed E-state index contributed by atoms with van der Waals surface area (Å²) in [6, 6.07) is 8.80. The molecule has 4 nitrogen and oxygen atoms in total. The van der Waals surface area contributed by atoms with Crippen LogP contribution in [-0.4, -0.2) is 62.1 Å². The van der Waals surface area contributed by atoms with Crippen LogP contribution in [0.15, 0.2) is 29.3 Å². The molecule has 1 aliphatic heterocycles. The summed E-state index contributed by atoms with van der Waals surface area (Å²) in [5.41, 5.74) is 2.70. The zero-order valence-electron chi connectivity index (χ0n) is 16.3. The van der Waals surface area contributed by atoms with Crippen LogP contribution >= 0.6 is 24.0 Å². The van der Waals surface area contributed by atoms with Gasteiger partial charge in [-0.15, -0.1) is 24.0 Å². The summed E-state index contributed by atoms with van der Waals surface area (Å²) in [6.07, 6.45) is 2.31. The van der Waals surface area contributed by atoms with Crippen LogP contribution < -0.4 is 5.32 Å². The molecule has 1 saturated heterocycles. The first-order valence-electron chi connectivity index (χ1n) is 9.39. The Hall–Kier alpha value is -0.820. The predicted octanol–water partition coefficient (Wildman–Crippen LogP) is 3.39. The Kier molecular flexibility index (Phi) is 10.4. The third-order valence-corrected chi connectivity index (χ3v) is 5.03. The molecule has 1 aromatic rings. The molecular weight excluding hydrogens is 423 g/mol. The summed E-state index contributed by atoms with van der Waals surface area (Å²) in [5, 5.41) is 3.54. The van der Waals surface area contributed by atoms with Crippen molar-refractivity contribution in [1.82, 2.24) is 15.1 Å². The molecule has 1 atom stereocenters. The summed E-state index contributed by atoms with van der Waals surface area (Å²) in [5.74, 6) is 1.82. The lowest BCUT2D eigenvalue weighted by Gasteiger charge is -2.24. The number of halogens is 1. The van der Waals surface area contributed by atoms with E-state index in [-0.39, 0.29) is 24.0 Å². The summed E-state index contributed by atoms with van der Waals surface area (Å²) in [7, 11) is 1.89. The highest BCUT2D eigenvalue weighted by Gasteiger charge is 2.25. The first-order chi connectivity index (χ1) is 11.7. The number of rotatable bonds is 7. The Bertz CT molecular complexity index is 511. The van der Waals surface area contributed by atoms with E-state index in [0.717, 1.165) is 51.0 Å². The Balaban J connectivity index is 0.00000312. The molecule has 5 heteroatoms. The summed E-state index contributed by atoms with van der Waals surface area (Å²) in [6.45, 7) is 13.3. The van der Waals surface area contributed by atoms with Crippen molar-refractivity contribution in [3.05, 3.63) is 35.4 Å². The average molecular weight is 458 g/mol. The normalized spacial score (nSPS) is 17.7. The van der Waals surface area contributed by atoms with Gasteiger partial charge in [-0.1, -0.05) is 43.7 Å².